The molecule has 374 valence electrons. The van der Waals surface area contributed by atoms with Gasteiger partial charge in [0.2, 0.25) is 29.4 Å². The van der Waals surface area contributed by atoms with Gasteiger partial charge in [0, 0.05) is 19.5 Å². The van der Waals surface area contributed by atoms with E-state index in [4.69, 9.17) is 24.8 Å². The largest absolute Gasteiger partial charge is 0.510 e. The average Bonchev–Trinajstić information content (AvgIpc) is 3.31. The van der Waals surface area contributed by atoms with Crippen LogP contribution in [0.4, 0.5) is 4.79 Å². The highest BCUT2D eigenvalue weighted by Gasteiger charge is 2.45. The number of terminal acetylenes is 1. The average molecular weight is 974 g/mol. The molecular formula is C51H67N5O12S. The van der Waals surface area contributed by atoms with Crippen molar-refractivity contribution in [1.29, 1.82) is 0 Å². The lowest BCUT2D eigenvalue weighted by Crippen LogP contribution is -2.60. The zero-order valence-corrected chi connectivity index (χ0v) is 41.2. The maximum absolute atomic E-state index is 14.7. The number of Topliss-reactive ketones (excluding diaryl/α,β-unsaturated/α-hetero) is 1. The molecule has 3 aromatic carbocycles. The summed E-state index contributed by atoms with van der Waals surface area (Å²) in [6, 6.07) is 19.1. The Bertz CT molecular complexity index is 2320. The Kier molecular flexibility index (Phi) is 21.8. The molecule has 1 aliphatic rings. The predicted octanol–water partition coefficient (Wildman–Crippen LogP) is 4.05. The number of ketones is 1. The van der Waals surface area contributed by atoms with Gasteiger partial charge in [0.1, 0.15) is 24.7 Å². The van der Waals surface area contributed by atoms with Crippen molar-refractivity contribution in [2.45, 2.75) is 108 Å². The van der Waals surface area contributed by atoms with Gasteiger partial charge in [-0.05, 0) is 74.6 Å². The van der Waals surface area contributed by atoms with E-state index in [9.17, 15) is 37.2 Å². The van der Waals surface area contributed by atoms with Gasteiger partial charge in [-0.15, -0.1) is 6.42 Å². The minimum atomic E-state index is -4.50. The molecule has 0 bridgehead atoms. The summed E-state index contributed by atoms with van der Waals surface area (Å²) in [5.74, 6) is -1.63. The number of ether oxygens (including phenoxy) is 3. The van der Waals surface area contributed by atoms with Crippen LogP contribution in [-0.4, -0.2) is 125 Å². The number of amides is 4. The van der Waals surface area contributed by atoms with Crippen molar-refractivity contribution < 1.29 is 55.6 Å². The number of hydrogen-bond acceptors (Lipinski definition) is 13. The third-order valence-electron chi connectivity index (χ3n) is 11.2. The van der Waals surface area contributed by atoms with Crippen LogP contribution in [0.1, 0.15) is 70.6 Å². The number of morpholine rings is 1. The smallest absolute Gasteiger partial charge is 0.421 e. The second-order valence-corrected chi connectivity index (χ2v) is 19.7. The molecule has 17 nitrogen and oxygen atoms in total. The van der Waals surface area contributed by atoms with Crippen LogP contribution >= 0.6 is 0 Å². The number of hydrogen-bond donors (Lipinski definition) is 4. The van der Waals surface area contributed by atoms with E-state index in [-0.39, 0.29) is 54.9 Å². The van der Waals surface area contributed by atoms with E-state index in [0.717, 1.165) is 18.1 Å². The molecule has 69 heavy (non-hydrogen) atoms. The summed E-state index contributed by atoms with van der Waals surface area (Å²) in [4.78, 5) is 85.8. The normalized spacial score (nSPS) is 15.6. The number of nitrogens with zero attached hydrogens (tertiary/aromatic N) is 1. The highest BCUT2D eigenvalue weighted by molar-refractivity contribution is 7.86. The molecule has 18 heteroatoms. The Morgan fingerprint density at radius 3 is 1.87 bits per heavy atom. The van der Waals surface area contributed by atoms with E-state index in [2.05, 4.69) is 27.2 Å². The van der Waals surface area contributed by atoms with E-state index in [1.54, 1.807) is 63.2 Å². The highest BCUT2D eigenvalue weighted by atomic mass is 32.2. The lowest BCUT2D eigenvalue weighted by atomic mass is 9.90. The van der Waals surface area contributed by atoms with Gasteiger partial charge in [-0.2, -0.15) is 8.42 Å². The van der Waals surface area contributed by atoms with E-state index < -0.39 is 82.8 Å². The van der Waals surface area contributed by atoms with Crippen LogP contribution in [0.15, 0.2) is 89.8 Å². The number of nitrogens with one attached hydrogen (secondary N) is 4. The summed E-state index contributed by atoms with van der Waals surface area (Å²) < 4.78 is 47.7. The van der Waals surface area contributed by atoms with Gasteiger partial charge in [-0.25, -0.2) is 4.79 Å². The molecule has 5 atom stereocenters. The van der Waals surface area contributed by atoms with Crippen molar-refractivity contribution in [2.24, 2.45) is 11.8 Å². The molecule has 0 aromatic heterocycles. The zero-order valence-electron chi connectivity index (χ0n) is 40.4. The van der Waals surface area contributed by atoms with Gasteiger partial charge in [0.15, 0.2) is 12.2 Å². The molecule has 1 aliphatic heterocycles. The minimum absolute atomic E-state index is 0.0205. The van der Waals surface area contributed by atoms with Crippen molar-refractivity contribution in [1.82, 2.24) is 26.2 Å². The molecule has 2 unspecified atom stereocenters. The molecule has 3 aromatic rings. The lowest BCUT2D eigenvalue weighted by molar-refractivity contribution is -0.146. The Morgan fingerprint density at radius 2 is 1.28 bits per heavy atom. The van der Waals surface area contributed by atoms with Gasteiger partial charge in [0.25, 0.3) is 10.1 Å². The zero-order chi connectivity index (χ0) is 50.6. The number of aryl methyl sites for hydroxylation is 2. The van der Waals surface area contributed by atoms with Crippen molar-refractivity contribution in [3.63, 3.8) is 0 Å². The quantitative estimate of drug-likeness (QED) is 0.0507. The minimum Gasteiger partial charge on any atom is -0.421 e. The Hall–Kier alpha value is -6.13. The highest BCUT2D eigenvalue weighted by Crippen LogP contribution is 2.24. The summed E-state index contributed by atoms with van der Waals surface area (Å²) in [7, 11) is -4.50. The molecular weight excluding hydrogens is 907 g/mol. The second kappa shape index (κ2) is 27.2. The fourth-order valence-electron chi connectivity index (χ4n) is 7.51. The van der Waals surface area contributed by atoms with E-state index >= 15 is 0 Å². The van der Waals surface area contributed by atoms with Crippen molar-refractivity contribution in [3.8, 4) is 12.3 Å². The summed E-state index contributed by atoms with van der Waals surface area (Å²) in [5, 5.41) is 11.3. The second-order valence-electron chi connectivity index (χ2n) is 18.1. The standard InChI is InChI=1S/C51H67N5O12S/c1-8-27-66-50(62)68-51(7,34-67-69(63,64)40-22-19-37(6)20-23-40)46(58)42(30-35(2)3)53-49(61)44(32-39-17-13-10-14-18-39)55-48(60)43(31-36(4)5)54-47(59)41(24-21-38-15-11-9-12-16-38)52-45(57)33-56-25-28-65-29-26-56/h1,9-20,22-23,35-36,41-44H,21,24-34H2,2-7H3,(H,52,57)(H,53,61)(H,54,59)(H,55,60)/t41-,42?,43-,44-,51?/m0/s1. The molecule has 4 rings (SSSR count). The summed E-state index contributed by atoms with van der Waals surface area (Å²) in [6.45, 7) is 10.9. The summed E-state index contributed by atoms with van der Waals surface area (Å²) in [5.41, 5.74) is 0.0213. The van der Waals surface area contributed by atoms with Crippen LogP contribution in [0.2, 0.25) is 0 Å². The Morgan fingerprint density at radius 1 is 0.739 bits per heavy atom. The first-order valence-electron chi connectivity index (χ1n) is 23.2. The number of carbonyl (C=O) groups is 6. The Labute approximate surface area is 406 Å². The first kappa shape index (κ1) is 55.5. The molecule has 1 heterocycles. The predicted molar refractivity (Wildman–Crippen MR) is 258 cm³/mol. The fraction of sp³-hybridized carbons (Fsp3) is 0.490. The number of benzene rings is 3. The van der Waals surface area contributed by atoms with Crippen molar-refractivity contribution in [3.05, 3.63) is 102 Å². The first-order valence-corrected chi connectivity index (χ1v) is 24.6. The van der Waals surface area contributed by atoms with Crippen LogP contribution in [0.25, 0.3) is 0 Å². The van der Waals surface area contributed by atoms with Gasteiger partial charge >= 0.3 is 6.16 Å². The molecule has 0 radical (unpaired) electrons. The maximum Gasteiger partial charge on any atom is 0.510 e. The van der Waals surface area contributed by atoms with E-state index in [1.807, 2.05) is 49.1 Å². The molecule has 0 aliphatic carbocycles. The molecule has 1 saturated heterocycles. The van der Waals surface area contributed by atoms with Gasteiger partial charge < -0.3 is 35.5 Å². The van der Waals surface area contributed by atoms with Crippen LogP contribution < -0.4 is 21.3 Å². The van der Waals surface area contributed by atoms with Gasteiger partial charge in [-0.1, -0.05) is 112 Å². The van der Waals surface area contributed by atoms with Gasteiger partial charge in [0.05, 0.1) is 30.7 Å². The third kappa shape index (κ3) is 18.7. The van der Waals surface area contributed by atoms with Crippen LogP contribution in [0.5, 0.6) is 0 Å². The van der Waals surface area contributed by atoms with Crippen LogP contribution in [0, 0.1) is 31.1 Å². The number of carbonyl (C=O) groups excluding carboxylic acids is 6. The van der Waals surface area contributed by atoms with Crippen molar-refractivity contribution >= 4 is 45.7 Å². The van der Waals surface area contributed by atoms with Crippen molar-refractivity contribution in [2.75, 3.05) is 46.1 Å². The van der Waals surface area contributed by atoms with E-state index in [1.165, 1.54) is 12.1 Å². The molecule has 4 N–H and O–H groups in total. The lowest BCUT2D eigenvalue weighted by Gasteiger charge is -2.32. The summed E-state index contributed by atoms with van der Waals surface area (Å²) in [6.07, 6.45) is 4.65. The van der Waals surface area contributed by atoms with Crippen LogP contribution in [-0.2, 0) is 65.3 Å². The first-order chi connectivity index (χ1) is 32.8. The topological polar surface area (TPSA) is 225 Å². The SMILES string of the molecule is C#CCOC(=O)OC(C)(COS(=O)(=O)c1ccc(C)cc1)C(=O)C(CC(C)C)NC(=O)[C@H](Cc1ccccc1)NC(=O)[C@H](CC(C)C)NC(=O)[C@H](CCc1ccccc1)NC(=O)CN1CCOCC1. The molecule has 0 spiro atoms. The molecule has 4 amide bonds. The Balaban J connectivity index is 1.62. The van der Waals surface area contributed by atoms with Gasteiger partial charge in [-0.3, -0.25) is 33.1 Å². The monoisotopic (exact) mass is 973 g/mol. The van der Waals surface area contributed by atoms with E-state index in [0.29, 0.717) is 38.3 Å². The maximum atomic E-state index is 14.7. The number of rotatable bonds is 26. The van der Waals surface area contributed by atoms with Crippen LogP contribution in [0.3, 0.4) is 0 Å². The molecule has 0 saturated carbocycles. The fourth-order valence-corrected chi connectivity index (χ4v) is 8.49. The third-order valence-corrected chi connectivity index (χ3v) is 12.5. The summed E-state index contributed by atoms with van der Waals surface area (Å²) >= 11 is 0. The molecule has 1 fully saturated rings.